The van der Waals surface area contributed by atoms with Gasteiger partial charge < -0.3 is 4.57 Å². The van der Waals surface area contributed by atoms with E-state index in [2.05, 4.69) is 9.97 Å². The predicted molar refractivity (Wildman–Crippen MR) is 80.7 cm³/mol. The van der Waals surface area contributed by atoms with Gasteiger partial charge in [0, 0.05) is 35.7 Å². The van der Waals surface area contributed by atoms with Gasteiger partial charge in [0.25, 0.3) is 0 Å². The summed E-state index contributed by atoms with van der Waals surface area (Å²) in [4.78, 5) is 8.63. The molecule has 106 valence electrons. The van der Waals surface area contributed by atoms with Crippen LogP contribution in [0.1, 0.15) is 11.3 Å². The maximum atomic E-state index is 13.4. The lowest BCUT2D eigenvalue weighted by Gasteiger charge is -2.08. The third-order valence-corrected chi connectivity index (χ3v) is 3.31. The van der Waals surface area contributed by atoms with Crippen molar-refractivity contribution in [2.75, 3.05) is 0 Å². The number of hydrogen-bond donors (Lipinski definition) is 0. The molecule has 3 aromatic rings. The number of nitrogens with zero attached hydrogens (tertiary/aromatic N) is 3. The van der Waals surface area contributed by atoms with Gasteiger partial charge in [0.1, 0.15) is 11.6 Å². The SMILES string of the molecule is Cc1cn(Cc2cc(F)cc(Cl)c2)c(-c2cccnc2)n1. The van der Waals surface area contributed by atoms with Crippen LogP contribution >= 0.6 is 11.6 Å². The van der Waals surface area contributed by atoms with Gasteiger partial charge in [-0.25, -0.2) is 9.37 Å². The van der Waals surface area contributed by atoms with E-state index in [0.717, 1.165) is 22.6 Å². The molecule has 5 heteroatoms. The van der Waals surface area contributed by atoms with Gasteiger partial charge in [-0.3, -0.25) is 4.98 Å². The van der Waals surface area contributed by atoms with E-state index in [-0.39, 0.29) is 5.82 Å². The molecule has 0 saturated heterocycles. The number of aryl methyl sites for hydroxylation is 1. The Morgan fingerprint density at radius 2 is 2.14 bits per heavy atom. The fourth-order valence-corrected chi connectivity index (χ4v) is 2.54. The van der Waals surface area contributed by atoms with Crippen molar-refractivity contribution in [1.29, 1.82) is 0 Å². The van der Waals surface area contributed by atoms with Crippen molar-refractivity contribution in [3.63, 3.8) is 0 Å². The van der Waals surface area contributed by atoms with E-state index in [1.165, 1.54) is 12.1 Å². The third kappa shape index (κ3) is 3.11. The van der Waals surface area contributed by atoms with Gasteiger partial charge in [-0.2, -0.15) is 0 Å². The summed E-state index contributed by atoms with van der Waals surface area (Å²) >= 11 is 5.90. The lowest BCUT2D eigenvalue weighted by molar-refractivity contribution is 0.623. The topological polar surface area (TPSA) is 30.7 Å². The van der Waals surface area contributed by atoms with Crippen molar-refractivity contribution in [3.05, 3.63) is 71.0 Å². The maximum absolute atomic E-state index is 13.4. The van der Waals surface area contributed by atoms with Crippen molar-refractivity contribution in [1.82, 2.24) is 14.5 Å². The van der Waals surface area contributed by atoms with Gasteiger partial charge in [-0.15, -0.1) is 0 Å². The summed E-state index contributed by atoms with van der Waals surface area (Å²) < 4.78 is 15.4. The third-order valence-electron chi connectivity index (χ3n) is 3.09. The maximum Gasteiger partial charge on any atom is 0.142 e. The molecule has 0 aliphatic carbocycles. The van der Waals surface area contributed by atoms with Crippen LogP contribution < -0.4 is 0 Å². The molecular formula is C16H13ClFN3. The van der Waals surface area contributed by atoms with Crippen LogP contribution in [-0.4, -0.2) is 14.5 Å². The molecule has 0 fully saturated rings. The number of aromatic nitrogens is 3. The first-order valence-corrected chi connectivity index (χ1v) is 6.89. The van der Waals surface area contributed by atoms with Crippen molar-refractivity contribution in [3.8, 4) is 11.4 Å². The zero-order valence-electron chi connectivity index (χ0n) is 11.4. The van der Waals surface area contributed by atoms with E-state index in [0.29, 0.717) is 11.6 Å². The van der Waals surface area contributed by atoms with Crippen molar-refractivity contribution < 1.29 is 4.39 Å². The molecule has 0 spiro atoms. The lowest BCUT2D eigenvalue weighted by atomic mass is 10.2. The summed E-state index contributed by atoms with van der Waals surface area (Å²) in [5.74, 6) is 0.471. The first-order valence-electron chi connectivity index (χ1n) is 6.51. The smallest absolute Gasteiger partial charge is 0.142 e. The highest BCUT2D eigenvalue weighted by atomic mass is 35.5. The molecule has 0 bridgehead atoms. The summed E-state index contributed by atoms with van der Waals surface area (Å²) in [6, 6.07) is 8.35. The first kappa shape index (κ1) is 13.8. The molecule has 0 aliphatic rings. The molecule has 0 unspecified atom stereocenters. The van der Waals surface area contributed by atoms with Crippen LogP contribution in [0.15, 0.2) is 48.9 Å². The van der Waals surface area contributed by atoms with Gasteiger partial charge in [0.05, 0.1) is 5.69 Å². The summed E-state index contributed by atoms with van der Waals surface area (Å²) in [6.45, 7) is 2.43. The zero-order chi connectivity index (χ0) is 14.8. The number of halogens is 2. The van der Waals surface area contributed by atoms with Crippen LogP contribution in [0, 0.1) is 12.7 Å². The Balaban J connectivity index is 1.99. The quantitative estimate of drug-likeness (QED) is 0.729. The van der Waals surface area contributed by atoms with Crippen molar-refractivity contribution in [2.45, 2.75) is 13.5 Å². The monoisotopic (exact) mass is 301 g/mol. The molecule has 2 heterocycles. The summed E-state index contributed by atoms with van der Waals surface area (Å²) in [5, 5.41) is 0.393. The van der Waals surface area contributed by atoms with Gasteiger partial charge in [-0.05, 0) is 42.8 Å². The Labute approximate surface area is 127 Å². The van der Waals surface area contributed by atoms with E-state index in [1.807, 2.05) is 29.8 Å². The van der Waals surface area contributed by atoms with E-state index < -0.39 is 0 Å². The molecule has 0 amide bonds. The Hall–Kier alpha value is -2.20. The Morgan fingerprint density at radius 3 is 2.86 bits per heavy atom. The molecule has 1 aromatic carbocycles. The number of hydrogen-bond acceptors (Lipinski definition) is 2. The fourth-order valence-electron chi connectivity index (χ4n) is 2.29. The lowest BCUT2D eigenvalue weighted by Crippen LogP contribution is -2.01. The highest BCUT2D eigenvalue weighted by Crippen LogP contribution is 2.21. The molecule has 0 atom stereocenters. The van der Waals surface area contributed by atoms with Crippen LogP contribution in [0.25, 0.3) is 11.4 Å². The Bertz CT molecular complexity index is 748. The summed E-state index contributed by atoms with van der Waals surface area (Å²) in [6.07, 6.45) is 5.41. The molecule has 21 heavy (non-hydrogen) atoms. The fraction of sp³-hybridized carbons (Fsp3) is 0.125. The summed E-state index contributed by atoms with van der Waals surface area (Å²) in [7, 11) is 0. The highest BCUT2D eigenvalue weighted by molar-refractivity contribution is 6.30. The van der Waals surface area contributed by atoms with Gasteiger partial charge >= 0.3 is 0 Å². The molecule has 0 N–H and O–H groups in total. The van der Waals surface area contributed by atoms with E-state index in [1.54, 1.807) is 18.5 Å². The minimum Gasteiger partial charge on any atom is -0.326 e. The Morgan fingerprint density at radius 1 is 1.29 bits per heavy atom. The van der Waals surface area contributed by atoms with Gasteiger partial charge in [0.15, 0.2) is 0 Å². The van der Waals surface area contributed by atoms with Crippen molar-refractivity contribution in [2.24, 2.45) is 0 Å². The molecule has 0 saturated carbocycles. The molecular weight excluding hydrogens is 289 g/mol. The number of imidazole rings is 1. The second-order valence-corrected chi connectivity index (χ2v) is 5.29. The molecule has 2 aromatic heterocycles. The van der Waals surface area contributed by atoms with E-state index >= 15 is 0 Å². The zero-order valence-corrected chi connectivity index (χ0v) is 12.2. The van der Waals surface area contributed by atoms with Crippen molar-refractivity contribution >= 4 is 11.6 Å². The number of rotatable bonds is 3. The normalized spacial score (nSPS) is 10.8. The van der Waals surface area contributed by atoms with E-state index in [9.17, 15) is 4.39 Å². The number of benzene rings is 1. The Kier molecular flexibility index (Phi) is 3.71. The van der Waals surface area contributed by atoms with Crippen LogP contribution in [0.3, 0.4) is 0 Å². The van der Waals surface area contributed by atoms with Gasteiger partial charge in [0.2, 0.25) is 0 Å². The van der Waals surface area contributed by atoms with Crippen LogP contribution in [-0.2, 0) is 6.54 Å². The van der Waals surface area contributed by atoms with E-state index in [4.69, 9.17) is 11.6 Å². The molecule has 0 radical (unpaired) electrons. The molecule has 3 nitrogen and oxygen atoms in total. The van der Waals surface area contributed by atoms with Crippen LogP contribution in [0.2, 0.25) is 5.02 Å². The van der Waals surface area contributed by atoms with Crippen LogP contribution in [0.5, 0.6) is 0 Å². The second-order valence-electron chi connectivity index (χ2n) is 4.85. The molecule has 3 rings (SSSR count). The second kappa shape index (κ2) is 5.66. The predicted octanol–water partition coefficient (Wildman–Crippen LogP) is 4.09. The minimum absolute atomic E-state index is 0.336. The molecule has 0 aliphatic heterocycles. The largest absolute Gasteiger partial charge is 0.326 e. The average Bonchev–Trinajstić information content (AvgIpc) is 2.79. The average molecular weight is 302 g/mol. The summed E-state index contributed by atoms with van der Waals surface area (Å²) in [5.41, 5.74) is 2.62. The highest BCUT2D eigenvalue weighted by Gasteiger charge is 2.09. The van der Waals surface area contributed by atoms with Gasteiger partial charge in [-0.1, -0.05) is 11.6 Å². The standard InChI is InChI=1S/C16H13ClFN3/c1-11-9-21(10-12-5-14(17)7-15(18)6-12)16(20-11)13-3-2-4-19-8-13/h2-9H,10H2,1H3. The number of pyridine rings is 1. The van der Waals surface area contributed by atoms with Crippen LogP contribution in [0.4, 0.5) is 4.39 Å². The first-order chi connectivity index (χ1) is 10.1. The minimum atomic E-state index is -0.336.